The predicted molar refractivity (Wildman–Crippen MR) is 85.3 cm³/mol. The molecule has 1 N–H and O–H groups in total. The van der Waals surface area contributed by atoms with Crippen LogP contribution in [-0.4, -0.2) is 17.6 Å². The fraction of sp³-hybridized carbons (Fsp3) is 0.294. The molecule has 1 amide bonds. The number of para-hydroxylation sites is 1. The molecular formula is C17H17F3N2O3. The van der Waals surface area contributed by atoms with Crippen molar-refractivity contribution in [3.05, 3.63) is 64.1 Å². The molecule has 25 heavy (non-hydrogen) atoms. The van der Waals surface area contributed by atoms with Gasteiger partial charge in [-0.2, -0.15) is 13.2 Å². The number of pyridine rings is 1. The zero-order valence-electron chi connectivity index (χ0n) is 13.6. The lowest BCUT2D eigenvalue weighted by Crippen LogP contribution is -2.34. The van der Waals surface area contributed by atoms with Gasteiger partial charge in [-0.1, -0.05) is 18.2 Å². The number of methoxy groups -OCH3 is 1. The van der Waals surface area contributed by atoms with Crippen LogP contribution in [0.5, 0.6) is 5.75 Å². The van der Waals surface area contributed by atoms with E-state index in [1.165, 1.54) is 7.11 Å². The second kappa shape index (κ2) is 7.42. The van der Waals surface area contributed by atoms with Gasteiger partial charge in [-0.05, 0) is 19.1 Å². The molecular weight excluding hydrogens is 337 g/mol. The van der Waals surface area contributed by atoms with Gasteiger partial charge in [0.1, 0.15) is 12.3 Å². The van der Waals surface area contributed by atoms with Crippen molar-refractivity contribution in [1.82, 2.24) is 9.88 Å². The maximum Gasteiger partial charge on any atom is 0.417 e. The molecule has 1 heterocycles. The number of carbonyl (C=O) groups excluding carboxylic acids is 1. The summed E-state index contributed by atoms with van der Waals surface area (Å²) in [6, 6.07) is 8.09. The van der Waals surface area contributed by atoms with E-state index < -0.39 is 35.8 Å². The van der Waals surface area contributed by atoms with Crippen LogP contribution in [0.25, 0.3) is 0 Å². The number of amides is 1. The van der Waals surface area contributed by atoms with Gasteiger partial charge in [0, 0.05) is 17.8 Å². The van der Waals surface area contributed by atoms with Gasteiger partial charge in [0.05, 0.1) is 18.7 Å². The van der Waals surface area contributed by atoms with E-state index in [0.717, 1.165) is 16.2 Å². The van der Waals surface area contributed by atoms with Crippen LogP contribution in [0.3, 0.4) is 0 Å². The molecule has 0 aliphatic carbocycles. The van der Waals surface area contributed by atoms with Gasteiger partial charge < -0.3 is 14.6 Å². The number of alkyl halides is 3. The molecule has 1 aromatic heterocycles. The minimum atomic E-state index is -4.59. The second-order valence-electron chi connectivity index (χ2n) is 5.41. The number of ether oxygens (including phenoxy) is 1. The lowest BCUT2D eigenvalue weighted by molar-refractivity contribution is -0.138. The maximum absolute atomic E-state index is 12.7. The average Bonchev–Trinajstić information content (AvgIpc) is 2.55. The van der Waals surface area contributed by atoms with Crippen molar-refractivity contribution in [2.45, 2.75) is 25.7 Å². The number of hydrogen-bond donors (Lipinski definition) is 1. The van der Waals surface area contributed by atoms with Crippen molar-refractivity contribution in [1.29, 1.82) is 0 Å². The van der Waals surface area contributed by atoms with Crippen LogP contribution in [0.2, 0.25) is 0 Å². The van der Waals surface area contributed by atoms with Crippen molar-refractivity contribution >= 4 is 5.91 Å². The van der Waals surface area contributed by atoms with E-state index in [2.05, 4.69) is 5.32 Å². The number of aromatic nitrogens is 1. The minimum Gasteiger partial charge on any atom is -0.496 e. The minimum absolute atomic E-state index is 0.440. The SMILES string of the molecule is COc1ccccc1C(C)NC(=O)Cn1cc(C(F)(F)F)ccc1=O. The lowest BCUT2D eigenvalue weighted by Gasteiger charge is -2.18. The number of hydrogen-bond acceptors (Lipinski definition) is 3. The Hall–Kier alpha value is -2.77. The molecule has 2 rings (SSSR count). The fourth-order valence-corrected chi connectivity index (χ4v) is 2.37. The molecule has 2 aromatic rings. The summed E-state index contributed by atoms with van der Waals surface area (Å²) in [7, 11) is 1.50. The highest BCUT2D eigenvalue weighted by Crippen LogP contribution is 2.28. The summed E-state index contributed by atoms with van der Waals surface area (Å²) in [6.45, 7) is 1.20. The third-order valence-electron chi connectivity index (χ3n) is 3.61. The van der Waals surface area contributed by atoms with Crippen LogP contribution < -0.4 is 15.6 Å². The molecule has 0 saturated carbocycles. The highest BCUT2D eigenvalue weighted by atomic mass is 19.4. The molecule has 134 valence electrons. The summed E-state index contributed by atoms with van der Waals surface area (Å²) in [4.78, 5) is 23.8. The number of halogens is 3. The van der Waals surface area contributed by atoms with E-state index in [9.17, 15) is 22.8 Å². The zero-order chi connectivity index (χ0) is 18.6. The van der Waals surface area contributed by atoms with Crippen LogP contribution in [-0.2, 0) is 17.5 Å². The Balaban J connectivity index is 2.14. The molecule has 0 aliphatic rings. The van der Waals surface area contributed by atoms with Gasteiger partial charge in [0.25, 0.3) is 5.56 Å². The number of benzene rings is 1. The van der Waals surface area contributed by atoms with Gasteiger partial charge in [-0.25, -0.2) is 0 Å². The summed E-state index contributed by atoms with van der Waals surface area (Å²) in [5, 5.41) is 2.64. The standard InChI is InChI=1S/C17H17F3N2O3/c1-11(13-5-3-4-6-14(13)25-2)21-15(23)10-22-9-12(17(18,19)20)7-8-16(22)24/h3-9,11H,10H2,1-2H3,(H,21,23). The van der Waals surface area contributed by atoms with Gasteiger partial charge >= 0.3 is 6.18 Å². The van der Waals surface area contributed by atoms with E-state index in [0.29, 0.717) is 18.0 Å². The summed E-state index contributed by atoms with van der Waals surface area (Å²) < 4.78 is 44.1. The van der Waals surface area contributed by atoms with Gasteiger partial charge in [0.2, 0.25) is 5.91 Å². The molecule has 8 heteroatoms. The van der Waals surface area contributed by atoms with Crippen molar-refractivity contribution in [2.75, 3.05) is 7.11 Å². The number of nitrogens with one attached hydrogen (secondary N) is 1. The molecule has 1 atom stereocenters. The van der Waals surface area contributed by atoms with Crippen molar-refractivity contribution < 1.29 is 22.7 Å². The first-order valence-corrected chi connectivity index (χ1v) is 7.42. The number of nitrogens with zero attached hydrogens (tertiary/aromatic N) is 1. The summed E-state index contributed by atoms with van der Waals surface area (Å²) in [5.74, 6) is -0.00799. The van der Waals surface area contributed by atoms with Crippen LogP contribution in [0.1, 0.15) is 24.1 Å². The fourth-order valence-electron chi connectivity index (χ4n) is 2.37. The van der Waals surface area contributed by atoms with Gasteiger partial charge in [0.15, 0.2) is 0 Å². The topological polar surface area (TPSA) is 60.3 Å². The highest BCUT2D eigenvalue weighted by Gasteiger charge is 2.31. The monoisotopic (exact) mass is 354 g/mol. The normalized spacial score (nSPS) is 12.5. The summed E-state index contributed by atoms with van der Waals surface area (Å²) in [6.07, 6.45) is -3.95. The Morgan fingerprint density at radius 3 is 2.56 bits per heavy atom. The van der Waals surface area contributed by atoms with E-state index in [-0.39, 0.29) is 0 Å². The van der Waals surface area contributed by atoms with E-state index in [1.54, 1.807) is 31.2 Å². The van der Waals surface area contributed by atoms with Crippen molar-refractivity contribution in [2.24, 2.45) is 0 Å². The van der Waals surface area contributed by atoms with Gasteiger partial charge in [-0.15, -0.1) is 0 Å². The molecule has 5 nitrogen and oxygen atoms in total. The number of carbonyl (C=O) groups is 1. The largest absolute Gasteiger partial charge is 0.496 e. The molecule has 0 radical (unpaired) electrons. The van der Waals surface area contributed by atoms with Crippen molar-refractivity contribution in [3.8, 4) is 5.75 Å². The Bertz CT molecular complexity index is 815. The van der Waals surface area contributed by atoms with Gasteiger partial charge in [-0.3, -0.25) is 9.59 Å². The summed E-state index contributed by atoms with van der Waals surface area (Å²) in [5.41, 5.74) is -0.958. The average molecular weight is 354 g/mol. The molecule has 1 unspecified atom stereocenters. The first kappa shape index (κ1) is 18.6. The number of rotatable bonds is 5. The molecule has 0 fully saturated rings. The Morgan fingerprint density at radius 2 is 1.92 bits per heavy atom. The van der Waals surface area contributed by atoms with Crippen molar-refractivity contribution in [3.63, 3.8) is 0 Å². The van der Waals surface area contributed by atoms with E-state index in [4.69, 9.17) is 4.74 Å². The molecule has 0 bridgehead atoms. The molecule has 1 aromatic carbocycles. The third kappa shape index (κ3) is 4.62. The molecule has 0 saturated heterocycles. The Labute approximate surface area is 142 Å². The summed E-state index contributed by atoms with van der Waals surface area (Å²) >= 11 is 0. The Kier molecular flexibility index (Phi) is 5.51. The van der Waals surface area contributed by atoms with Crippen LogP contribution in [0, 0.1) is 0 Å². The quantitative estimate of drug-likeness (QED) is 0.898. The third-order valence-corrected chi connectivity index (χ3v) is 3.61. The molecule has 0 spiro atoms. The zero-order valence-corrected chi connectivity index (χ0v) is 13.6. The van der Waals surface area contributed by atoms with E-state index >= 15 is 0 Å². The Morgan fingerprint density at radius 1 is 1.24 bits per heavy atom. The predicted octanol–water partition coefficient (Wildman–Crippen LogP) is 2.75. The van der Waals surface area contributed by atoms with Crippen LogP contribution in [0.4, 0.5) is 13.2 Å². The first-order valence-electron chi connectivity index (χ1n) is 7.42. The second-order valence-corrected chi connectivity index (χ2v) is 5.41. The smallest absolute Gasteiger partial charge is 0.417 e. The van der Waals surface area contributed by atoms with Crippen LogP contribution in [0.15, 0.2) is 47.4 Å². The van der Waals surface area contributed by atoms with Crippen LogP contribution >= 0.6 is 0 Å². The first-order chi connectivity index (χ1) is 11.7. The molecule has 0 aliphatic heterocycles. The lowest BCUT2D eigenvalue weighted by atomic mass is 10.1. The van der Waals surface area contributed by atoms with E-state index in [1.807, 2.05) is 0 Å². The maximum atomic E-state index is 12.7. The highest BCUT2D eigenvalue weighted by molar-refractivity contribution is 5.76.